The fourth-order valence-electron chi connectivity index (χ4n) is 4.30. The van der Waals surface area contributed by atoms with Crippen LogP contribution in [0.25, 0.3) is 0 Å². The maximum Gasteiger partial charge on any atom is 0.232 e. The summed E-state index contributed by atoms with van der Waals surface area (Å²) in [6, 6.07) is 10.2. The minimum Gasteiger partial charge on any atom is -0.345 e. The van der Waals surface area contributed by atoms with Gasteiger partial charge >= 0.3 is 0 Å². The van der Waals surface area contributed by atoms with Gasteiger partial charge in [0.1, 0.15) is 0 Å². The first kappa shape index (κ1) is 19.3. The Morgan fingerprint density at radius 3 is 2.50 bits per heavy atom. The van der Waals surface area contributed by atoms with Crippen LogP contribution < -0.4 is 0 Å². The van der Waals surface area contributed by atoms with E-state index < -0.39 is 0 Å². The van der Waals surface area contributed by atoms with Crippen LogP contribution in [0.2, 0.25) is 0 Å². The number of amides is 2. The molecule has 1 aromatic rings. The van der Waals surface area contributed by atoms with Crippen LogP contribution in [0.4, 0.5) is 0 Å². The highest BCUT2D eigenvalue weighted by Gasteiger charge is 2.45. The molecule has 0 saturated carbocycles. The number of carbonyl (C=O) groups excluding carboxylic acids is 2. The molecule has 5 heteroatoms. The predicted octanol–water partition coefficient (Wildman–Crippen LogP) is 3.38. The number of nitrogens with zero attached hydrogens (tertiary/aromatic N) is 2. The summed E-state index contributed by atoms with van der Waals surface area (Å²) in [4.78, 5) is 29.1. The third-order valence-electron chi connectivity index (χ3n) is 5.80. The first-order valence-electron chi connectivity index (χ1n) is 9.59. The first-order valence-corrected chi connectivity index (χ1v) is 10.6. The van der Waals surface area contributed by atoms with Gasteiger partial charge in [-0.05, 0) is 35.5 Å². The molecule has 0 bridgehead atoms. The van der Waals surface area contributed by atoms with Gasteiger partial charge in [-0.25, -0.2) is 0 Å². The zero-order chi connectivity index (χ0) is 18.7. The number of likely N-dealkylation sites (tertiary alicyclic amines) is 2. The second-order valence-electron chi connectivity index (χ2n) is 8.10. The van der Waals surface area contributed by atoms with Gasteiger partial charge in [0.2, 0.25) is 11.8 Å². The van der Waals surface area contributed by atoms with Gasteiger partial charge in [-0.1, -0.05) is 44.2 Å². The summed E-state index contributed by atoms with van der Waals surface area (Å²) >= 11 is 1.71. The maximum atomic E-state index is 12.7. The highest BCUT2D eigenvalue weighted by molar-refractivity contribution is 8.00. The number of benzene rings is 1. The molecule has 0 aliphatic carbocycles. The number of rotatable bonds is 4. The van der Waals surface area contributed by atoms with Gasteiger partial charge in [0, 0.05) is 26.7 Å². The van der Waals surface area contributed by atoms with E-state index >= 15 is 0 Å². The molecule has 2 heterocycles. The van der Waals surface area contributed by atoms with Crippen molar-refractivity contribution in [1.29, 1.82) is 0 Å². The van der Waals surface area contributed by atoms with Crippen molar-refractivity contribution in [3.63, 3.8) is 0 Å². The van der Waals surface area contributed by atoms with Gasteiger partial charge in [0.15, 0.2) is 0 Å². The number of thioether (sulfide) groups is 1. The molecule has 0 unspecified atom stereocenters. The molecule has 0 radical (unpaired) electrons. The molecule has 0 aromatic heterocycles. The summed E-state index contributed by atoms with van der Waals surface area (Å²) < 4.78 is 0. The Bertz CT molecular complexity index is 639. The molecule has 2 fully saturated rings. The summed E-state index contributed by atoms with van der Waals surface area (Å²) in [7, 11) is 1.93. The molecule has 1 spiro atoms. The van der Waals surface area contributed by atoms with Crippen molar-refractivity contribution >= 4 is 23.6 Å². The normalized spacial score (nSPS) is 22.9. The summed E-state index contributed by atoms with van der Waals surface area (Å²) in [5.74, 6) is 1.02. The Labute approximate surface area is 161 Å². The Kier molecular flexibility index (Phi) is 5.96. The molecule has 0 N–H and O–H groups in total. The minimum absolute atomic E-state index is 0.0475. The van der Waals surface area contributed by atoms with Crippen molar-refractivity contribution in [1.82, 2.24) is 9.80 Å². The van der Waals surface area contributed by atoms with E-state index in [2.05, 4.69) is 26.0 Å². The van der Waals surface area contributed by atoms with Gasteiger partial charge in [-0.15, -0.1) is 11.8 Å². The van der Waals surface area contributed by atoms with E-state index in [-0.39, 0.29) is 23.1 Å². The van der Waals surface area contributed by atoms with E-state index in [9.17, 15) is 9.59 Å². The smallest absolute Gasteiger partial charge is 0.232 e. The van der Waals surface area contributed by atoms with Gasteiger partial charge in [0.05, 0.1) is 11.7 Å². The highest BCUT2D eigenvalue weighted by atomic mass is 32.2. The topological polar surface area (TPSA) is 40.6 Å². The zero-order valence-electron chi connectivity index (χ0n) is 16.1. The van der Waals surface area contributed by atoms with Crippen LogP contribution in [0, 0.1) is 5.41 Å². The van der Waals surface area contributed by atoms with E-state index in [0.717, 1.165) is 44.5 Å². The number of piperidine rings is 2. The summed E-state index contributed by atoms with van der Waals surface area (Å²) in [6.07, 6.45) is 2.89. The third-order valence-corrected chi connectivity index (χ3v) is 6.88. The molecule has 4 nitrogen and oxygen atoms in total. The van der Waals surface area contributed by atoms with Crippen molar-refractivity contribution < 1.29 is 9.59 Å². The molecule has 1 aromatic carbocycles. The molecular formula is C21H30N2O2S. The molecule has 26 heavy (non-hydrogen) atoms. The van der Waals surface area contributed by atoms with Gasteiger partial charge < -0.3 is 9.80 Å². The Balaban J connectivity index is 1.66. The van der Waals surface area contributed by atoms with Crippen molar-refractivity contribution in [3.8, 4) is 0 Å². The molecular weight excluding hydrogens is 344 g/mol. The van der Waals surface area contributed by atoms with E-state index in [1.807, 2.05) is 35.0 Å². The summed E-state index contributed by atoms with van der Waals surface area (Å²) in [5, 5.41) is 0.486. The fraction of sp³-hybridized carbons (Fsp3) is 0.619. The lowest BCUT2D eigenvalue weighted by atomic mass is 9.68. The third kappa shape index (κ3) is 4.25. The first-order chi connectivity index (χ1) is 12.4. The van der Waals surface area contributed by atoms with Crippen LogP contribution in [-0.2, 0) is 9.59 Å². The van der Waals surface area contributed by atoms with E-state index in [1.54, 1.807) is 11.8 Å². The maximum absolute atomic E-state index is 12.7. The predicted molar refractivity (Wildman–Crippen MR) is 107 cm³/mol. The quantitative estimate of drug-likeness (QED) is 0.811. The van der Waals surface area contributed by atoms with Crippen molar-refractivity contribution in [2.24, 2.45) is 5.41 Å². The molecule has 142 valence electrons. The largest absolute Gasteiger partial charge is 0.345 e. The molecule has 3 rings (SSSR count). The Morgan fingerprint density at radius 2 is 1.88 bits per heavy atom. The fourth-order valence-corrected chi connectivity index (χ4v) is 4.96. The lowest BCUT2D eigenvalue weighted by molar-refractivity contribution is -0.142. The van der Waals surface area contributed by atoms with E-state index in [4.69, 9.17) is 0 Å². The number of carbonyl (C=O) groups is 2. The molecule has 2 aliphatic heterocycles. The van der Waals surface area contributed by atoms with Crippen LogP contribution >= 0.6 is 11.8 Å². The van der Waals surface area contributed by atoms with Crippen LogP contribution in [-0.4, -0.2) is 59.3 Å². The Hall–Kier alpha value is -1.49. The lowest BCUT2D eigenvalue weighted by Gasteiger charge is -2.49. The van der Waals surface area contributed by atoms with Gasteiger partial charge in [-0.3, -0.25) is 9.59 Å². The summed E-state index contributed by atoms with van der Waals surface area (Å²) in [5.41, 5.74) is 1.26. The van der Waals surface area contributed by atoms with Crippen LogP contribution in [0.5, 0.6) is 0 Å². The summed E-state index contributed by atoms with van der Waals surface area (Å²) in [6.45, 7) is 6.71. The van der Waals surface area contributed by atoms with E-state index in [1.165, 1.54) is 0 Å². The monoisotopic (exact) mass is 374 g/mol. The average molecular weight is 375 g/mol. The van der Waals surface area contributed by atoms with E-state index in [0.29, 0.717) is 11.0 Å². The van der Waals surface area contributed by atoms with Gasteiger partial charge in [0.25, 0.3) is 0 Å². The second-order valence-corrected chi connectivity index (χ2v) is 9.67. The molecule has 2 aliphatic rings. The molecule has 1 atom stereocenters. The minimum atomic E-state index is -0.0475. The second kappa shape index (κ2) is 8.03. The van der Waals surface area contributed by atoms with Crippen molar-refractivity contribution in [2.45, 2.75) is 44.3 Å². The number of likely N-dealkylation sites (N-methyl/N-ethyl adjacent to an activating group) is 1. The number of hydrogen-bond donors (Lipinski definition) is 0. The van der Waals surface area contributed by atoms with Crippen molar-refractivity contribution in [2.75, 3.05) is 32.4 Å². The van der Waals surface area contributed by atoms with Gasteiger partial charge in [-0.2, -0.15) is 0 Å². The SMILES string of the molecule is CC(C)SCC(=O)N1CCC2(CC1)C[C@@H](c1ccccc1)C(=O)N(C)C2. The van der Waals surface area contributed by atoms with Crippen LogP contribution in [0.3, 0.4) is 0 Å². The molecule has 2 saturated heterocycles. The van der Waals surface area contributed by atoms with Crippen LogP contribution in [0.15, 0.2) is 30.3 Å². The van der Waals surface area contributed by atoms with Crippen LogP contribution in [0.1, 0.15) is 44.6 Å². The zero-order valence-corrected chi connectivity index (χ0v) is 16.9. The number of hydrogen-bond acceptors (Lipinski definition) is 3. The highest BCUT2D eigenvalue weighted by Crippen LogP contribution is 2.45. The Morgan fingerprint density at radius 1 is 1.23 bits per heavy atom. The van der Waals surface area contributed by atoms with Crippen molar-refractivity contribution in [3.05, 3.63) is 35.9 Å². The lowest BCUT2D eigenvalue weighted by Crippen LogP contribution is -2.53. The standard InChI is InChI=1S/C21H30N2O2S/c1-16(2)26-14-19(24)23-11-9-21(10-12-23)13-18(20(25)22(3)15-21)17-7-5-4-6-8-17/h4-8,16,18H,9-15H2,1-3H3/t18-/m0/s1. The average Bonchev–Trinajstić information content (AvgIpc) is 2.64. The molecule has 2 amide bonds.